The Labute approximate surface area is 173 Å². The Morgan fingerprint density at radius 3 is 2.75 bits per heavy atom. The molecule has 1 aliphatic heterocycles. The van der Waals surface area contributed by atoms with Crippen molar-refractivity contribution in [3.63, 3.8) is 0 Å². The van der Waals surface area contributed by atoms with Crippen LogP contribution in [0.15, 0.2) is 54.6 Å². The molecule has 2 heterocycles. The third kappa shape index (κ3) is 4.92. The number of benzene rings is 2. The standard InChI is InChI=1S/C22H25N3OS2/c26-20(13-7-4-10-17-14-15-27-28-17)25-21(16-8-2-1-3-9-16)22-23-18-11-5-6-12-19(18)24-22/h1-3,5-6,8-9,11-12,17,21H,4,7,10,13-15H2,(H,23,24)(H,25,26)/t17-,21+/m0/s1. The van der Waals surface area contributed by atoms with Crippen LogP contribution < -0.4 is 5.32 Å². The Balaban J connectivity index is 1.41. The van der Waals surface area contributed by atoms with Crippen LogP contribution in [0.1, 0.15) is 49.5 Å². The predicted octanol–water partition coefficient (Wildman–Crippen LogP) is 5.48. The van der Waals surface area contributed by atoms with E-state index in [1.807, 2.05) is 76.2 Å². The van der Waals surface area contributed by atoms with Crippen molar-refractivity contribution in [1.82, 2.24) is 15.3 Å². The first kappa shape index (κ1) is 19.4. The number of carbonyl (C=O) groups excluding carboxylic acids is 1. The maximum Gasteiger partial charge on any atom is 0.220 e. The second-order valence-electron chi connectivity index (χ2n) is 7.13. The molecule has 4 rings (SSSR count). The summed E-state index contributed by atoms with van der Waals surface area (Å²) in [6.45, 7) is 0. The summed E-state index contributed by atoms with van der Waals surface area (Å²) in [6, 6.07) is 17.7. The van der Waals surface area contributed by atoms with Crippen molar-refractivity contribution in [2.75, 3.05) is 5.75 Å². The molecule has 1 fully saturated rings. The predicted molar refractivity (Wildman–Crippen MR) is 119 cm³/mol. The van der Waals surface area contributed by atoms with E-state index >= 15 is 0 Å². The molecule has 28 heavy (non-hydrogen) atoms. The fraction of sp³-hybridized carbons (Fsp3) is 0.364. The number of unbranched alkanes of at least 4 members (excludes halogenated alkanes) is 1. The van der Waals surface area contributed by atoms with Crippen molar-refractivity contribution in [3.05, 3.63) is 66.0 Å². The van der Waals surface area contributed by atoms with E-state index in [9.17, 15) is 4.79 Å². The number of para-hydroxylation sites is 2. The molecule has 1 aromatic heterocycles. The molecular formula is C22H25N3OS2. The molecule has 1 amide bonds. The molecule has 0 radical (unpaired) electrons. The Kier molecular flexibility index (Phi) is 6.60. The number of H-pyrrole nitrogens is 1. The van der Waals surface area contributed by atoms with E-state index in [1.54, 1.807) is 0 Å². The van der Waals surface area contributed by atoms with Crippen molar-refractivity contribution in [3.8, 4) is 0 Å². The number of aromatic amines is 1. The molecule has 3 aromatic rings. The minimum atomic E-state index is -0.261. The molecule has 1 aliphatic rings. The van der Waals surface area contributed by atoms with Crippen LogP contribution >= 0.6 is 21.6 Å². The second-order valence-corrected chi connectivity index (χ2v) is 9.91. The van der Waals surface area contributed by atoms with Crippen LogP contribution in [0.4, 0.5) is 0 Å². The van der Waals surface area contributed by atoms with Gasteiger partial charge < -0.3 is 10.3 Å². The number of imidazole rings is 1. The van der Waals surface area contributed by atoms with E-state index in [0.717, 1.165) is 40.5 Å². The van der Waals surface area contributed by atoms with Crippen LogP contribution in [-0.4, -0.2) is 26.9 Å². The molecular weight excluding hydrogens is 386 g/mol. The van der Waals surface area contributed by atoms with E-state index in [-0.39, 0.29) is 11.9 Å². The van der Waals surface area contributed by atoms with Crippen molar-refractivity contribution in [1.29, 1.82) is 0 Å². The summed E-state index contributed by atoms with van der Waals surface area (Å²) in [4.78, 5) is 20.7. The lowest BCUT2D eigenvalue weighted by Crippen LogP contribution is -2.29. The Hall–Kier alpha value is -1.92. The van der Waals surface area contributed by atoms with E-state index in [0.29, 0.717) is 6.42 Å². The molecule has 0 aliphatic carbocycles. The summed E-state index contributed by atoms with van der Waals surface area (Å²) in [5, 5.41) is 3.98. The number of nitrogens with one attached hydrogen (secondary N) is 2. The number of fused-ring (bicyclic) bond motifs is 1. The molecule has 0 unspecified atom stereocenters. The largest absolute Gasteiger partial charge is 0.342 e. The van der Waals surface area contributed by atoms with E-state index < -0.39 is 0 Å². The van der Waals surface area contributed by atoms with Gasteiger partial charge in [0.2, 0.25) is 5.91 Å². The number of rotatable bonds is 8. The lowest BCUT2D eigenvalue weighted by Gasteiger charge is -2.17. The fourth-order valence-electron chi connectivity index (χ4n) is 3.52. The van der Waals surface area contributed by atoms with Gasteiger partial charge >= 0.3 is 0 Å². The smallest absolute Gasteiger partial charge is 0.220 e. The van der Waals surface area contributed by atoms with Crippen LogP contribution in [0.25, 0.3) is 11.0 Å². The number of nitrogens with zero attached hydrogens (tertiary/aromatic N) is 1. The van der Waals surface area contributed by atoms with Crippen LogP contribution in [0.5, 0.6) is 0 Å². The number of hydrogen-bond donors (Lipinski definition) is 2. The van der Waals surface area contributed by atoms with E-state index in [4.69, 9.17) is 4.98 Å². The molecule has 0 bridgehead atoms. The van der Waals surface area contributed by atoms with Gasteiger partial charge in [-0.3, -0.25) is 4.79 Å². The molecule has 2 N–H and O–H groups in total. The van der Waals surface area contributed by atoms with Crippen LogP contribution in [0, 0.1) is 0 Å². The topological polar surface area (TPSA) is 57.8 Å². The highest BCUT2D eigenvalue weighted by Gasteiger charge is 2.20. The van der Waals surface area contributed by atoms with Gasteiger partial charge in [0.25, 0.3) is 0 Å². The molecule has 0 saturated carbocycles. The van der Waals surface area contributed by atoms with Crippen LogP contribution in [-0.2, 0) is 4.79 Å². The molecule has 6 heteroatoms. The minimum Gasteiger partial charge on any atom is -0.342 e. The summed E-state index contributed by atoms with van der Waals surface area (Å²) in [5.41, 5.74) is 2.94. The summed E-state index contributed by atoms with van der Waals surface area (Å²) >= 11 is 0. The lowest BCUT2D eigenvalue weighted by atomic mass is 10.1. The zero-order valence-electron chi connectivity index (χ0n) is 15.8. The molecule has 0 spiro atoms. The zero-order valence-corrected chi connectivity index (χ0v) is 17.4. The minimum absolute atomic E-state index is 0.0859. The van der Waals surface area contributed by atoms with Crippen molar-refractivity contribution in [2.24, 2.45) is 0 Å². The third-order valence-corrected chi connectivity index (χ3v) is 8.03. The fourth-order valence-corrected chi connectivity index (χ4v) is 6.55. The van der Waals surface area contributed by atoms with Crippen molar-refractivity contribution in [2.45, 2.75) is 43.4 Å². The first-order valence-corrected chi connectivity index (χ1v) is 12.2. The zero-order chi connectivity index (χ0) is 19.2. The van der Waals surface area contributed by atoms with Gasteiger partial charge in [-0.1, -0.05) is 70.5 Å². The molecule has 2 atom stereocenters. The Morgan fingerprint density at radius 1 is 1.14 bits per heavy atom. The summed E-state index contributed by atoms with van der Waals surface area (Å²) in [6.07, 6.45) is 5.15. The van der Waals surface area contributed by atoms with E-state index in [2.05, 4.69) is 10.3 Å². The summed E-state index contributed by atoms with van der Waals surface area (Å²) < 4.78 is 0. The Bertz CT molecular complexity index is 873. The van der Waals surface area contributed by atoms with E-state index in [1.165, 1.54) is 18.6 Å². The monoisotopic (exact) mass is 411 g/mol. The average molecular weight is 412 g/mol. The normalized spacial score (nSPS) is 17.6. The Morgan fingerprint density at radius 2 is 1.96 bits per heavy atom. The molecule has 1 saturated heterocycles. The summed E-state index contributed by atoms with van der Waals surface area (Å²) in [5.74, 6) is 2.13. The first-order chi connectivity index (χ1) is 13.8. The highest BCUT2D eigenvalue weighted by atomic mass is 33.1. The van der Waals surface area contributed by atoms with Crippen molar-refractivity contribution >= 4 is 38.5 Å². The van der Waals surface area contributed by atoms with Gasteiger partial charge in [-0.25, -0.2) is 4.98 Å². The SMILES string of the molecule is O=C(CCCC[C@H]1CCSS1)N[C@H](c1ccccc1)c1nc2ccccc2[nH]1. The van der Waals surface area contributed by atoms with Gasteiger partial charge in [-0.15, -0.1) is 0 Å². The average Bonchev–Trinajstić information content (AvgIpc) is 3.39. The molecule has 146 valence electrons. The van der Waals surface area contributed by atoms with Gasteiger partial charge in [0.15, 0.2) is 0 Å². The van der Waals surface area contributed by atoms with Gasteiger partial charge in [-0.2, -0.15) is 0 Å². The van der Waals surface area contributed by atoms with Gasteiger partial charge in [0, 0.05) is 17.4 Å². The molecule has 2 aromatic carbocycles. The second kappa shape index (κ2) is 9.52. The van der Waals surface area contributed by atoms with Crippen molar-refractivity contribution < 1.29 is 4.79 Å². The van der Waals surface area contributed by atoms with Crippen LogP contribution in [0.2, 0.25) is 0 Å². The van der Waals surface area contributed by atoms with Gasteiger partial charge in [0.1, 0.15) is 11.9 Å². The van der Waals surface area contributed by atoms with Gasteiger partial charge in [-0.05, 0) is 37.0 Å². The third-order valence-electron chi connectivity index (χ3n) is 5.03. The highest BCUT2D eigenvalue weighted by Crippen LogP contribution is 2.39. The van der Waals surface area contributed by atoms with Crippen LogP contribution in [0.3, 0.4) is 0 Å². The highest BCUT2D eigenvalue weighted by molar-refractivity contribution is 8.77. The maximum absolute atomic E-state index is 12.6. The quantitative estimate of drug-likeness (QED) is 0.380. The maximum atomic E-state index is 12.6. The van der Waals surface area contributed by atoms with Gasteiger partial charge in [0.05, 0.1) is 11.0 Å². The summed E-state index contributed by atoms with van der Waals surface area (Å²) in [7, 11) is 3.99. The first-order valence-electron chi connectivity index (χ1n) is 9.87. The number of carbonyl (C=O) groups is 1. The number of amides is 1. The molecule has 4 nitrogen and oxygen atoms in total. The number of aromatic nitrogens is 2. The number of hydrogen-bond acceptors (Lipinski definition) is 4. The lowest BCUT2D eigenvalue weighted by molar-refractivity contribution is -0.121.